The molecule has 6 heteroatoms. The molecule has 0 unspecified atom stereocenters. The summed E-state index contributed by atoms with van der Waals surface area (Å²) >= 11 is 0. The van der Waals surface area contributed by atoms with E-state index in [1.54, 1.807) is 0 Å². The van der Waals surface area contributed by atoms with Gasteiger partial charge in [-0.05, 0) is 20.3 Å². The van der Waals surface area contributed by atoms with Gasteiger partial charge in [0.15, 0.2) is 0 Å². The Balaban J connectivity index is 1.25. The van der Waals surface area contributed by atoms with Gasteiger partial charge in [0.05, 0.1) is 6.54 Å². The Morgan fingerprint density at radius 1 is 1.05 bits per heavy atom. The minimum atomic E-state index is 0.690. The van der Waals surface area contributed by atoms with Crippen LogP contribution in [0.5, 0.6) is 0 Å². The Hall–Kier alpha value is -0.980. The van der Waals surface area contributed by atoms with E-state index in [-0.39, 0.29) is 0 Å². The first-order valence-electron chi connectivity index (χ1n) is 8.82. The van der Waals surface area contributed by atoms with E-state index in [1.807, 2.05) is 0 Å². The van der Waals surface area contributed by atoms with Crippen molar-refractivity contribution in [3.8, 4) is 0 Å². The molecule has 3 aliphatic heterocycles. The lowest BCUT2D eigenvalue weighted by Crippen LogP contribution is -2.63. The molecule has 0 bridgehead atoms. The average Bonchev–Trinajstić information content (AvgIpc) is 3.06. The van der Waals surface area contributed by atoms with E-state index in [0.717, 1.165) is 25.6 Å². The van der Waals surface area contributed by atoms with Crippen molar-refractivity contribution >= 4 is 0 Å². The fourth-order valence-electron chi connectivity index (χ4n) is 4.05. The second-order valence-electron chi connectivity index (χ2n) is 7.30. The van der Waals surface area contributed by atoms with E-state index in [2.05, 4.69) is 43.3 Å². The van der Waals surface area contributed by atoms with Crippen LogP contribution in [-0.2, 0) is 19.5 Å². The van der Waals surface area contributed by atoms with Crippen LogP contribution in [0.3, 0.4) is 0 Å². The maximum absolute atomic E-state index is 4.38. The molecule has 0 atom stereocenters. The number of piperazine rings is 1. The third-order valence-electron chi connectivity index (χ3n) is 5.58. The summed E-state index contributed by atoms with van der Waals surface area (Å²) in [6.07, 6.45) is 2.34. The Bertz CT molecular complexity index is 511. The van der Waals surface area contributed by atoms with E-state index in [4.69, 9.17) is 0 Å². The van der Waals surface area contributed by atoms with Gasteiger partial charge >= 0.3 is 0 Å². The maximum Gasteiger partial charge on any atom is 0.147 e. The largest absolute Gasteiger partial charge is 0.314 e. The summed E-state index contributed by atoms with van der Waals surface area (Å²) in [5.41, 5.74) is 0. The van der Waals surface area contributed by atoms with Gasteiger partial charge in [-0.2, -0.15) is 0 Å². The molecule has 4 rings (SSSR count). The van der Waals surface area contributed by atoms with Gasteiger partial charge < -0.3 is 4.57 Å². The fraction of sp³-hybridized carbons (Fsp3) is 0.875. The van der Waals surface area contributed by atoms with Gasteiger partial charge in [0, 0.05) is 64.3 Å². The molecule has 0 N–H and O–H groups in total. The molecular weight excluding hydrogens is 276 g/mol. The number of likely N-dealkylation sites (tertiary alicyclic amines) is 1. The van der Waals surface area contributed by atoms with Crippen LogP contribution in [0.15, 0.2) is 0 Å². The van der Waals surface area contributed by atoms with Gasteiger partial charge in [-0.1, -0.05) is 0 Å². The van der Waals surface area contributed by atoms with Crippen LogP contribution in [0.1, 0.15) is 31.9 Å². The lowest BCUT2D eigenvalue weighted by molar-refractivity contribution is -0.00556. The van der Waals surface area contributed by atoms with Gasteiger partial charge in [0.25, 0.3) is 0 Å². The number of aryl methyl sites for hydroxylation is 1. The molecule has 2 fully saturated rings. The first kappa shape index (κ1) is 14.6. The maximum atomic E-state index is 4.38. The van der Waals surface area contributed by atoms with Crippen LogP contribution < -0.4 is 0 Å². The molecule has 1 aromatic heterocycles. The molecule has 6 nitrogen and oxygen atoms in total. The minimum Gasteiger partial charge on any atom is -0.314 e. The van der Waals surface area contributed by atoms with Crippen molar-refractivity contribution in [2.45, 2.75) is 51.9 Å². The smallest absolute Gasteiger partial charge is 0.147 e. The Morgan fingerprint density at radius 2 is 1.82 bits per heavy atom. The molecule has 0 spiro atoms. The summed E-state index contributed by atoms with van der Waals surface area (Å²) in [7, 11) is 0. The van der Waals surface area contributed by atoms with Crippen LogP contribution >= 0.6 is 0 Å². The number of hydrogen-bond acceptors (Lipinski definition) is 5. The first-order valence-corrected chi connectivity index (χ1v) is 8.82. The highest BCUT2D eigenvalue weighted by Gasteiger charge is 2.34. The summed E-state index contributed by atoms with van der Waals surface area (Å²) in [6.45, 7) is 14.0. The molecule has 3 aliphatic rings. The van der Waals surface area contributed by atoms with Gasteiger partial charge in [0.1, 0.15) is 11.6 Å². The highest BCUT2D eigenvalue weighted by molar-refractivity contribution is 5.02. The van der Waals surface area contributed by atoms with Crippen LogP contribution in [0.4, 0.5) is 0 Å². The minimum absolute atomic E-state index is 0.690. The predicted octanol–water partition coefficient (Wildman–Crippen LogP) is 0.435. The molecule has 0 saturated carbocycles. The highest BCUT2D eigenvalue weighted by atomic mass is 15.4. The van der Waals surface area contributed by atoms with Crippen molar-refractivity contribution in [1.82, 2.24) is 29.5 Å². The summed E-state index contributed by atoms with van der Waals surface area (Å²) in [6, 6.07) is 1.45. The molecule has 1 aromatic rings. The van der Waals surface area contributed by atoms with Crippen molar-refractivity contribution in [3.63, 3.8) is 0 Å². The molecular formula is C16H28N6. The van der Waals surface area contributed by atoms with Crippen molar-refractivity contribution in [2.75, 3.05) is 39.3 Å². The monoisotopic (exact) mass is 304 g/mol. The molecule has 0 aliphatic carbocycles. The van der Waals surface area contributed by atoms with E-state index in [9.17, 15) is 0 Å². The summed E-state index contributed by atoms with van der Waals surface area (Å²) in [5.74, 6) is 2.37. The zero-order valence-electron chi connectivity index (χ0n) is 13.9. The Labute approximate surface area is 133 Å². The number of aromatic nitrogens is 3. The summed E-state index contributed by atoms with van der Waals surface area (Å²) < 4.78 is 2.33. The van der Waals surface area contributed by atoms with Gasteiger partial charge in [-0.25, -0.2) is 0 Å². The van der Waals surface area contributed by atoms with Crippen LogP contribution in [-0.4, -0.2) is 80.8 Å². The zero-order valence-corrected chi connectivity index (χ0v) is 13.9. The van der Waals surface area contributed by atoms with E-state index >= 15 is 0 Å². The number of fused-ring (bicyclic) bond motifs is 1. The van der Waals surface area contributed by atoms with Crippen molar-refractivity contribution in [2.24, 2.45) is 0 Å². The van der Waals surface area contributed by atoms with Gasteiger partial charge in [-0.15, -0.1) is 10.2 Å². The topological polar surface area (TPSA) is 40.4 Å². The first-order chi connectivity index (χ1) is 10.7. The van der Waals surface area contributed by atoms with Crippen molar-refractivity contribution in [3.05, 3.63) is 11.6 Å². The standard InChI is InChI=1S/C16H28N6/c1-13(2)20-6-8-21(9-7-20)14-10-19(11-14)12-16-18-17-15-4-3-5-22(15)16/h13-14H,3-12H2,1-2H3. The van der Waals surface area contributed by atoms with Crippen LogP contribution in [0.25, 0.3) is 0 Å². The highest BCUT2D eigenvalue weighted by Crippen LogP contribution is 2.21. The molecule has 0 aromatic carbocycles. The second-order valence-corrected chi connectivity index (χ2v) is 7.30. The average molecular weight is 304 g/mol. The van der Waals surface area contributed by atoms with Crippen molar-refractivity contribution in [1.29, 1.82) is 0 Å². The molecule has 122 valence electrons. The third-order valence-corrected chi connectivity index (χ3v) is 5.58. The SMILES string of the molecule is CC(C)N1CCN(C2CN(Cc3nnc4n3CCC4)C2)CC1. The number of rotatable bonds is 4. The lowest BCUT2D eigenvalue weighted by atomic mass is 10.1. The van der Waals surface area contributed by atoms with E-state index in [0.29, 0.717) is 6.04 Å². The normalized spacial score (nSPS) is 24.9. The number of nitrogens with zero attached hydrogens (tertiary/aromatic N) is 6. The Kier molecular flexibility index (Phi) is 3.92. The second kappa shape index (κ2) is 5.91. The number of hydrogen-bond donors (Lipinski definition) is 0. The van der Waals surface area contributed by atoms with Crippen LogP contribution in [0.2, 0.25) is 0 Å². The lowest BCUT2D eigenvalue weighted by Gasteiger charge is -2.48. The molecule has 0 radical (unpaired) electrons. The van der Waals surface area contributed by atoms with E-state index < -0.39 is 0 Å². The summed E-state index contributed by atoms with van der Waals surface area (Å²) in [4.78, 5) is 7.80. The molecule has 2 saturated heterocycles. The third kappa shape index (κ3) is 2.68. The fourth-order valence-corrected chi connectivity index (χ4v) is 4.05. The summed E-state index contributed by atoms with van der Waals surface area (Å²) in [5, 5.41) is 8.69. The molecule has 4 heterocycles. The Morgan fingerprint density at radius 3 is 2.55 bits per heavy atom. The van der Waals surface area contributed by atoms with E-state index in [1.165, 1.54) is 57.3 Å². The quantitative estimate of drug-likeness (QED) is 0.807. The zero-order chi connectivity index (χ0) is 15.1. The predicted molar refractivity (Wildman–Crippen MR) is 85.7 cm³/mol. The van der Waals surface area contributed by atoms with Gasteiger partial charge in [0.2, 0.25) is 0 Å². The molecule has 0 amide bonds. The van der Waals surface area contributed by atoms with Crippen molar-refractivity contribution < 1.29 is 0 Å². The van der Waals surface area contributed by atoms with Crippen LogP contribution in [0, 0.1) is 0 Å². The molecule has 22 heavy (non-hydrogen) atoms. The van der Waals surface area contributed by atoms with Gasteiger partial charge in [-0.3, -0.25) is 14.7 Å².